The molecule has 0 aliphatic carbocycles. The molecule has 2 heterocycles. The summed E-state index contributed by atoms with van der Waals surface area (Å²) in [5.41, 5.74) is 1.19. The van der Waals surface area contributed by atoms with E-state index in [0.29, 0.717) is 21.6 Å². The smallest absolute Gasteiger partial charge is 0.257 e. The molecule has 118 valence electrons. The molecule has 1 aromatic heterocycles. The zero-order chi connectivity index (χ0) is 16.1. The molecule has 0 radical (unpaired) electrons. The summed E-state index contributed by atoms with van der Waals surface area (Å²) in [7, 11) is 0. The third-order valence-electron chi connectivity index (χ3n) is 2.98. The van der Waals surface area contributed by atoms with E-state index < -0.39 is 0 Å². The lowest BCUT2D eigenvalue weighted by Crippen LogP contribution is -2.28. The molecule has 0 unspecified atom stereocenters. The fraction of sp³-hybridized carbons (Fsp3) is 0.200. The van der Waals surface area contributed by atoms with E-state index in [1.54, 1.807) is 29.6 Å². The minimum atomic E-state index is -0.215. The van der Waals surface area contributed by atoms with E-state index in [0.717, 1.165) is 12.3 Å². The summed E-state index contributed by atoms with van der Waals surface area (Å²) in [5.74, 6) is 0.541. The van der Waals surface area contributed by atoms with Crippen molar-refractivity contribution in [2.45, 2.75) is 6.42 Å². The predicted molar refractivity (Wildman–Crippen MR) is 93.1 cm³/mol. The topological polar surface area (TPSA) is 83.5 Å². The number of hydrogen-bond acceptors (Lipinski definition) is 6. The molecule has 0 fully saturated rings. The van der Waals surface area contributed by atoms with Gasteiger partial charge in [0, 0.05) is 16.7 Å². The van der Waals surface area contributed by atoms with Crippen LogP contribution in [0.1, 0.15) is 16.1 Å². The number of anilines is 1. The third kappa shape index (κ3) is 4.40. The van der Waals surface area contributed by atoms with E-state index in [1.807, 2.05) is 6.07 Å². The summed E-state index contributed by atoms with van der Waals surface area (Å²) in [6.07, 6.45) is 0.164. The SMILES string of the molecule is O=C(Cc1csc(NC(=O)c2ccccc2)n1)NC1=NCCS1. The maximum absolute atomic E-state index is 12.0. The Balaban J connectivity index is 1.55. The van der Waals surface area contributed by atoms with Crippen molar-refractivity contribution in [3.05, 3.63) is 47.0 Å². The van der Waals surface area contributed by atoms with Gasteiger partial charge in [0.1, 0.15) is 0 Å². The molecule has 6 nitrogen and oxygen atoms in total. The number of aromatic nitrogens is 1. The largest absolute Gasteiger partial charge is 0.305 e. The van der Waals surface area contributed by atoms with Crippen LogP contribution in [0, 0.1) is 0 Å². The lowest BCUT2D eigenvalue weighted by atomic mass is 10.2. The van der Waals surface area contributed by atoms with E-state index in [9.17, 15) is 9.59 Å². The van der Waals surface area contributed by atoms with Crippen LogP contribution in [0.4, 0.5) is 5.13 Å². The molecule has 23 heavy (non-hydrogen) atoms. The minimum Gasteiger partial charge on any atom is -0.305 e. The Morgan fingerprint density at radius 1 is 1.17 bits per heavy atom. The first-order chi connectivity index (χ1) is 11.2. The van der Waals surface area contributed by atoms with Crippen LogP contribution < -0.4 is 10.6 Å². The normalized spacial score (nSPS) is 13.5. The molecular formula is C15H14N4O2S2. The van der Waals surface area contributed by atoms with Crippen molar-refractivity contribution >= 4 is 45.2 Å². The summed E-state index contributed by atoms with van der Waals surface area (Å²) in [5, 5.41) is 8.41. The molecule has 3 rings (SSSR count). The molecular weight excluding hydrogens is 332 g/mol. The Hall–Kier alpha value is -2.19. The molecule has 2 amide bonds. The Bertz CT molecular complexity index is 743. The van der Waals surface area contributed by atoms with Crippen molar-refractivity contribution in [2.75, 3.05) is 17.6 Å². The van der Waals surface area contributed by atoms with Gasteiger partial charge in [-0.05, 0) is 12.1 Å². The van der Waals surface area contributed by atoms with Gasteiger partial charge in [0.15, 0.2) is 10.3 Å². The molecule has 1 aliphatic rings. The molecule has 1 aliphatic heterocycles. The molecule has 2 aromatic rings. The van der Waals surface area contributed by atoms with Gasteiger partial charge in [-0.2, -0.15) is 0 Å². The van der Waals surface area contributed by atoms with Gasteiger partial charge in [-0.15, -0.1) is 11.3 Å². The summed E-state index contributed by atoms with van der Waals surface area (Å²) in [4.78, 5) is 32.4. The second kappa shape index (κ2) is 7.38. The number of benzene rings is 1. The van der Waals surface area contributed by atoms with Gasteiger partial charge in [0.25, 0.3) is 5.91 Å². The zero-order valence-corrected chi connectivity index (χ0v) is 13.7. The molecule has 0 saturated carbocycles. The highest BCUT2D eigenvalue weighted by Gasteiger charge is 2.14. The number of carbonyl (C=O) groups excluding carboxylic acids is 2. The second-order valence-corrected chi connectivity index (χ2v) is 6.67. The van der Waals surface area contributed by atoms with E-state index in [-0.39, 0.29) is 18.2 Å². The lowest BCUT2D eigenvalue weighted by molar-refractivity contribution is -0.119. The fourth-order valence-corrected chi connectivity index (χ4v) is 3.39. The number of aliphatic imine (C=N–C) groups is 1. The van der Waals surface area contributed by atoms with Crippen molar-refractivity contribution in [3.63, 3.8) is 0 Å². The number of thiazole rings is 1. The van der Waals surface area contributed by atoms with Crippen molar-refractivity contribution in [2.24, 2.45) is 4.99 Å². The lowest BCUT2D eigenvalue weighted by Gasteiger charge is -2.02. The highest BCUT2D eigenvalue weighted by Crippen LogP contribution is 2.17. The van der Waals surface area contributed by atoms with Gasteiger partial charge in [0.05, 0.1) is 18.7 Å². The Morgan fingerprint density at radius 3 is 2.74 bits per heavy atom. The van der Waals surface area contributed by atoms with Crippen LogP contribution in [-0.4, -0.2) is 34.3 Å². The van der Waals surface area contributed by atoms with Crippen LogP contribution in [0.15, 0.2) is 40.7 Å². The number of rotatable bonds is 4. The number of hydrogen-bond donors (Lipinski definition) is 2. The van der Waals surface area contributed by atoms with Crippen molar-refractivity contribution < 1.29 is 9.59 Å². The number of amides is 2. The van der Waals surface area contributed by atoms with Gasteiger partial charge in [0.2, 0.25) is 5.91 Å². The molecule has 1 aromatic carbocycles. The summed E-state index contributed by atoms with van der Waals surface area (Å²) < 4.78 is 0. The van der Waals surface area contributed by atoms with E-state index in [1.165, 1.54) is 23.1 Å². The monoisotopic (exact) mass is 346 g/mol. The maximum atomic E-state index is 12.0. The van der Waals surface area contributed by atoms with Crippen LogP contribution in [-0.2, 0) is 11.2 Å². The standard InChI is InChI=1S/C15H14N4O2S2/c20-12(18-14-16-6-7-22-14)8-11-9-23-15(17-11)19-13(21)10-4-2-1-3-5-10/h1-5,9H,6-8H2,(H,16,18,20)(H,17,19,21). The first-order valence-corrected chi connectivity index (χ1v) is 8.85. The molecule has 0 spiro atoms. The first kappa shape index (κ1) is 15.7. The van der Waals surface area contributed by atoms with E-state index in [2.05, 4.69) is 20.6 Å². The average molecular weight is 346 g/mol. The molecule has 0 atom stereocenters. The van der Waals surface area contributed by atoms with Crippen molar-refractivity contribution in [1.29, 1.82) is 0 Å². The van der Waals surface area contributed by atoms with Gasteiger partial charge in [-0.1, -0.05) is 30.0 Å². The third-order valence-corrected chi connectivity index (χ3v) is 4.68. The number of nitrogens with one attached hydrogen (secondary N) is 2. The molecule has 0 saturated heterocycles. The number of amidine groups is 1. The van der Waals surface area contributed by atoms with Crippen LogP contribution in [0.3, 0.4) is 0 Å². The minimum absolute atomic E-state index is 0.149. The molecule has 8 heteroatoms. The van der Waals surface area contributed by atoms with E-state index in [4.69, 9.17) is 0 Å². The summed E-state index contributed by atoms with van der Waals surface area (Å²) >= 11 is 2.83. The van der Waals surface area contributed by atoms with Crippen molar-refractivity contribution in [3.8, 4) is 0 Å². The van der Waals surface area contributed by atoms with Gasteiger partial charge in [-0.25, -0.2) is 4.98 Å². The van der Waals surface area contributed by atoms with Crippen molar-refractivity contribution in [1.82, 2.24) is 10.3 Å². The highest BCUT2D eigenvalue weighted by atomic mass is 32.2. The quantitative estimate of drug-likeness (QED) is 0.889. The van der Waals surface area contributed by atoms with Gasteiger partial charge < -0.3 is 5.32 Å². The average Bonchev–Trinajstić information content (AvgIpc) is 3.20. The zero-order valence-electron chi connectivity index (χ0n) is 12.1. The Kier molecular flexibility index (Phi) is 5.04. The number of nitrogens with zero attached hydrogens (tertiary/aromatic N) is 2. The van der Waals surface area contributed by atoms with Crippen LogP contribution >= 0.6 is 23.1 Å². The summed E-state index contributed by atoms with van der Waals surface area (Å²) in [6.45, 7) is 0.743. The van der Waals surface area contributed by atoms with E-state index >= 15 is 0 Å². The first-order valence-electron chi connectivity index (χ1n) is 6.98. The Labute approximate surface area is 141 Å². The maximum Gasteiger partial charge on any atom is 0.257 e. The molecule has 0 bridgehead atoms. The second-order valence-electron chi connectivity index (χ2n) is 4.72. The van der Waals surface area contributed by atoms with Gasteiger partial charge in [-0.3, -0.25) is 19.9 Å². The highest BCUT2D eigenvalue weighted by molar-refractivity contribution is 8.14. The molecule has 2 N–H and O–H groups in total. The van der Waals surface area contributed by atoms with Crippen LogP contribution in [0.5, 0.6) is 0 Å². The van der Waals surface area contributed by atoms with Gasteiger partial charge >= 0.3 is 0 Å². The fourth-order valence-electron chi connectivity index (χ4n) is 1.94. The Morgan fingerprint density at radius 2 is 2.00 bits per heavy atom. The number of carbonyl (C=O) groups is 2. The number of thioether (sulfide) groups is 1. The summed E-state index contributed by atoms with van der Waals surface area (Å²) in [6, 6.07) is 8.92. The van der Waals surface area contributed by atoms with Crippen LogP contribution in [0.25, 0.3) is 0 Å². The van der Waals surface area contributed by atoms with Crippen LogP contribution in [0.2, 0.25) is 0 Å². The predicted octanol–water partition coefficient (Wildman–Crippen LogP) is 2.16.